The van der Waals surface area contributed by atoms with Gasteiger partial charge in [-0.3, -0.25) is 4.79 Å². The Balaban J connectivity index is 2.62. The van der Waals surface area contributed by atoms with Gasteiger partial charge in [0.15, 0.2) is 6.29 Å². The van der Waals surface area contributed by atoms with E-state index in [0.717, 1.165) is 24.2 Å². The van der Waals surface area contributed by atoms with E-state index in [9.17, 15) is 9.18 Å². The standard InChI is InChI=1S/C9H8FNO/c10-7-3-6(5-12)8-1-2-11-9(8)4-7/h3-5,11H,1-2H2. The van der Waals surface area contributed by atoms with E-state index in [1.165, 1.54) is 12.1 Å². The lowest BCUT2D eigenvalue weighted by Gasteiger charge is -2.01. The summed E-state index contributed by atoms with van der Waals surface area (Å²) < 4.78 is 12.8. The second-order valence-corrected chi connectivity index (χ2v) is 2.82. The SMILES string of the molecule is O=Cc1cc(F)cc2c1CCN2. The maximum Gasteiger partial charge on any atom is 0.150 e. The van der Waals surface area contributed by atoms with Gasteiger partial charge in [0, 0.05) is 17.8 Å². The zero-order valence-electron chi connectivity index (χ0n) is 6.43. The number of anilines is 1. The number of benzene rings is 1. The summed E-state index contributed by atoms with van der Waals surface area (Å²) in [6.45, 7) is 0.791. The van der Waals surface area contributed by atoms with Crippen LogP contribution in [0.2, 0.25) is 0 Å². The number of carbonyl (C=O) groups excluding carboxylic acids is 1. The first kappa shape index (κ1) is 7.28. The highest BCUT2D eigenvalue weighted by atomic mass is 19.1. The number of fused-ring (bicyclic) bond motifs is 1. The average Bonchev–Trinajstić information content (AvgIpc) is 2.50. The topological polar surface area (TPSA) is 29.1 Å². The third-order valence-corrected chi connectivity index (χ3v) is 2.07. The molecule has 2 rings (SSSR count). The minimum atomic E-state index is -0.356. The Hall–Kier alpha value is -1.38. The van der Waals surface area contributed by atoms with Crippen molar-refractivity contribution in [2.45, 2.75) is 6.42 Å². The molecule has 1 N–H and O–H groups in total. The van der Waals surface area contributed by atoms with Crippen molar-refractivity contribution in [3.63, 3.8) is 0 Å². The minimum Gasteiger partial charge on any atom is -0.384 e. The summed E-state index contributed by atoms with van der Waals surface area (Å²) in [6, 6.07) is 2.70. The fraction of sp³-hybridized carbons (Fsp3) is 0.222. The van der Waals surface area contributed by atoms with E-state index in [-0.39, 0.29) is 5.82 Å². The number of nitrogens with one attached hydrogen (secondary N) is 1. The minimum absolute atomic E-state index is 0.356. The lowest BCUT2D eigenvalue weighted by Crippen LogP contribution is -1.91. The summed E-state index contributed by atoms with van der Waals surface area (Å²) in [5, 5.41) is 3.02. The molecule has 0 saturated carbocycles. The molecule has 0 aliphatic carbocycles. The van der Waals surface area contributed by atoms with E-state index in [1.807, 2.05) is 0 Å². The fourth-order valence-corrected chi connectivity index (χ4v) is 1.52. The quantitative estimate of drug-likeness (QED) is 0.640. The molecule has 12 heavy (non-hydrogen) atoms. The molecule has 0 bridgehead atoms. The lowest BCUT2D eigenvalue weighted by molar-refractivity contribution is 0.112. The Bertz CT molecular complexity index is 336. The van der Waals surface area contributed by atoms with Crippen LogP contribution in [-0.4, -0.2) is 12.8 Å². The molecule has 0 saturated heterocycles. The first-order valence-corrected chi connectivity index (χ1v) is 3.83. The first-order valence-electron chi connectivity index (χ1n) is 3.83. The van der Waals surface area contributed by atoms with Crippen LogP contribution >= 0.6 is 0 Å². The molecule has 0 spiro atoms. The lowest BCUT2D eigenvalue weighted by atomic mass is 10.1. The molecule has 0 aromatic heterocycles. The first-order chi connectivity index (χ1) is 5.81. The molecule has 62 valence electrons. The van der Waals surface area contributed by atoms with Crippen molar-refractivity contribution < 1.29 is 9.18 Å². The van der Waals surface area contributed by atoms with Crippen LogP contribution in [-0.2, 0) is 6.42 Å². The van der Waals surface area contributed by atoms with Gasteiger partial charge in [-0.05, 0) is 24.1 Å². The molecular weight excluding hydrogens is 157 g/mol. The molecule has 0 fully saturated rings. The number of hydrogen-bond donors (Lipinski definition) is 1. The zero-order valence-corrected chi connectivity index (χ0v) is 6.43. The average molecular weight is 165 g/mol. The van der Waals surface area contributed by atoms with Crippen LogP contribution in [0.25, 0.3) is 0 Å². The van der Waals surface area contributed by atoms with Gasteiger partial charge in [0.25, 0.3) is 0 Å². The van der Waals surface area contributed by atoms with Gasteiger partial charge in [0.1, 0.15) is 5.82 Å². The fourth-order valence-electron chi connectivity index (χ4n) is 1.52. The summed E-state index contributed by atoms with van der Waals surface area (Å²) in [5.41, 5.74) is 2.17. The van der Waals surface area contributed by atoms with Crippen molar-refractivity contribution in [2.24, 2.45) is 0 Å². The summed E-state index contributed by atoms with van der Waals surface area (Å²) in [7, 11) is 0. The van der Waals surface area contributed by atoms with Crippen molar-refractivity contribution in [1.29, 1.82) is 0 Å². The highest BCUT2D eigenvalue weighted by Crippen LogP contribution is 2.25. The van der Waals surface area contributed by atoms with Crippen molar-refractivity contribution in [1.82, 2.24) is 0 Å². The Morgan fingerprint density at radius 2 is 2.33 bits per heavy atom. The molecule has 1 aliphatic heterocycles. The number of rotatable bonds is 1. The third kappa shape index (κ3) is 0.978. The van der Waals surface area contributed by atoms with E-state index in [2.05, 4.69) is 5.32 Å². The van der Waals surface area contributed by atoms with Crippen molar-refractivity contribution in [3.05, 3.63) is 29.1 Å². The van der Waals surface area contributed by atoms with Crippen LogP contribution < -0.4 is 5.32 Å². The molecule has 1 aromatic carbocycles. The molecule has 3 heteroatoms. The van der Waals surface area contributed by atoms with Crippen LogP contribution in [0.15, 0.2) is 12.1 Å². The Labute approximate surface area is 69.4 Å². The van der Waals surface area contributed by atoms with E-state index in [0.29, 0.717) is 11.8 Å². The van der Waals surface area contributed by atoms with Gasteiger partial charge < -0.3 is 5.32 Å². The van der Waals surface area contributed by atoms with Gasteiger partial charge in [0.2, 0.25) is 0 Å². The predicted octanol–water partition coefficient (Wildman–Crippen LogP) is 1.61. The second kappa shape index (κ2) is 2.59. The van der Waals surface area contributed by atoms with Crippen LogP contribution in [0.5, 0.6) is 0 Å². The van der Waals surface area contributed by atoms with E-state index in [4.69, 9.17) is 0 Å². The van der Waals surface area contributed by atoms with Gasteiger partial charge in [0.05, 0.1) is 0 Å². The van der Waals surface area contributed by atoms with Gasteiger partial charge in [-0.2, -0.15) is 0 Å². The summed E-state index contributed by atoms with van der Waals surface area (Å²) in [6.07, 6.45) is 1.51. The summed E-state index contributed by atoms with van der Waals surface area (Å²) in [5.74, 6) is -0.356. The van der Waals surface area contributed by atoms with Crippen LogP contribution in [0.4, 0.5) is 10.1 Å². The molecule has 1 heterocycles. The van der Waals surface area contributed by atoms with E-state index >= 15 is 0 Å². The highest BCUT2D eigenvalue weighted by Gasteiger charge is 2.14. The zero-order chi connectivity index (χ0) is 8.55. The second-order valence-electron chi connectivity index (χ2n) is 2.82. The molecule has 1 aliphatic rings. The number of aldehydes is 1. The number of carbonyl (C=O) groups is 1. The molecule has 0 amide bonds. The Kier molecular flexibility index (Phi) is 1.57. The van der Waals surface area contributed by atoms with Gasteiger partial charge >= 0.3 is 0 Å². The van der Waals surface area contributed by atoms with Crippen molar-refractivity contribution >= 4 is 12.0 Å². The maximum absolute atomic E-state index is 12.8. The normalized spacial score (nSPS) is 13.8. The molecule has 0 radical (unpaired) electrons. The van der Waals surface area contributed by atoms with Crippen LogP contribution in [0, 0.1) is 5.82 Å². The van der Waals surface area contributed by atoms with E-state index in [1.54, 1.807) is 0 Å². The predicted molar refractivity (Wildman–Crippen MR) is 44.0 cm³/mol. The van der Waals surface area contributed by atoms with E-state index < -0.39 is 0 Å². The molecule has 1 aromatic rings. The molecular formula is C9H8FNO. The van der Waals surface area contributed by atoms with Gasteiger partial charge in [-0.1, -0.05) is 0 Å². The Morgan fingerprint density at radius 3 is 3.08 bits per heavy atom. The number of hydrogen-bond acceptors (Lipinski definition) is 2. The molecule has 0 atom stereocenters. The van der Waals surface area contributed by atoms with Crippen molar-refractivity contribution in [3.8, 4) is 0 Å². The monoisotopic (exact) mass is 165 g/mol. The van der Waals surface area contributed by atoms with Crippen molar-refractivity contribution in [2.75, 3.05) is 11.9 Å². The largest absolute Gasteiger partial charge is 0.384 e. The maximum atomic E-state index is 12.8. The highest BCUT2D eigenvalue weighted by molar-refractivity contribution is 5.81. The summed E-state index contributed by atoms with van der Waals surface area (Å²) in [4.78, 5) is 10.5. The van der Waals surface area contributed by atoms with Gasteiger partial charge in [-0.25, -0.2) is 4.39 Å². The van der Waals surface area contributed by atoms with Gasteiger partial charge in [-0.15, -0.1) is 0 Å². The molecule has 2 nitrogen and oxygen atoms in total. The Morgan fingerprint density at radius 1 is 1.50 bits per heavy atom. The van der Waals surface area contributed by atoms with Crippen LogP contribution in [0.3, 0.4) is 0 Å². The number of halogens is 1. The third-order valence-electron chi connectivity index (χ3n) is 2.07. The van der Waals surface area contributed by atoms with Crippen LogP contribution in [0.1, 0.15) is 15.9 Å². The molecule has 0 unspecified atom stereocenters. The summed E-state index contributed by atoms with van der Waals surface area (Å²) >= 11 is 0. The smallest absolute Gasteiger partial charge is 0.150 e.